The topological polar surface area (TPSA) is 75.6 Å². The van der Waals surface area contributed by atoms with E-state index in [1.165, 1.54) is 0 Å². The second kappa shape index (κ2) is 6.64. The van der Waals surface area contributed by atoms with Crippen LogP contribution in [0.2, 0.25) is 0 Å². The number of ether oxygens (including phenoxy) is 1. The number of hydrogen-bond acceptors (Lipinski definition) is 3. The van der Waals surface area contributed by atoms with Crippen molar-refractivity contribution in [2.75, 3.05) is 5.32 Å². The Balaban J connectivity index is 2.49. The summed E-state index contributed by atoms with van der Waals surface area (Å²) in [6.07, 6.45) is -0.0862. The Hall–Kier alpha value is -2.04. The fourth-order valence-electron chi connectivity index (χ4n) is 1.37. The molecule has 0 saturated carbocycles. The lowest BCUT2D eigenvalue weighted by atomic mass is 10.1. The number of anilines is 1. The molecule has 1 rings (SSSR count). The molecule has 0 aliphatic rings. The Labute approximate surface area is 106 Å². The summed E-state index contributed by atoms with van der Waals surface area (Å²) < 4.78 is 4.94. The summed E-state index contributed by atoms with van der Waals surface area (Å²) in [5, 5.41) is 11.1. The van der Waals surface area contributed by atoms with Crippen molar-refractivity contribution < 1.29 is 19.4 Å². The van der Waals surface area contributed by atoms with Gasteiger partial charge >= 0.3 is 12.1 Å². The molecule has 0 radical (unpaired) electrons. The molecule has 0 spiro atoms. The number of carbonyl (C=O) groups is 2. The van der Waals surface area contributed by atoms with E-state index < -0.39 is 12.1 Å². The molecule has 98 valence electrons. The van der Waals surface area contributed by atoms with Gasteiger partial charge in [-0.05, 0) is 38.0 Å². The Kier molecular flexibility index (Phi) is 5.17. The van der Waals surface area contributed by atoms with E-state index in [2.05, 4.69) is 5.32 Å². The zero-order valence-corrected chi connectivity index (χ0v) is 10.5. The number of nitrogens with one attached hydrogen (secondary N) is 1. The maximum absolute atomic E-state index is 11.3. The third kappa shape index (κ3) is 5.34. The Morgan fingerprint density at radius 2 is 1.89 bits per heavy atom. The minimum Gasteiger partial charge on any atom is -0.481 e. The number of carbonyl (C=O) groups excluding carboxylic acids is 1. The molecule has 18 heavy (non-hydrogen) atoms. The molecule has 5 heteroatoms. The van der Waals surface area contributed by atoms with E-state index in [9.17, 15) is 9.59 Å². The average molecular weight is 251 g/mol. The molecule has 1 aromatic rings. The molecule has 0 atom stereocenters. The van der Waals surface area contributed by atoms with E-state index >= 15 is 0 Å². The van der Waals surface area contributed by atoms with Gasteiger partial charge in [-0.1, -0.05) is 12.1 Å². The van der Waals surface area contributed by atoms with Crippen LogP contribution in [0, 0.1) is 0 Å². The average Bonchev–Trinajstić information content (AvgIpc) is 2.26. The van der Waals surface area contributed by atoms with Gasteiger partial charge in [-0.3, -0.25) is 10.1 Å². The fraction of sp³-hybridized carbons (Fsp3) is 0.385. The van der Waals surface area contributed by atoms with Crippen LogP contribution in [-0.2, 0) is 16.0 Å². The van der Waals surface area contributed by atoms with Gasteiger partial charge in [0.05, 0.1) is 6.10 Å². The zero-order valence-electron chi connectivity index (χ0n) is 10.5. The first-order chi connectivity index (χ1) is 8.47. The molecule has 0 saturated heterocycles. The minimum absolute atomic E-state index is 0.0994. The second-order valence-corrected chi connectivity index (χ2v) is 4.17. The Bertz CT molecular complexity index is 412. The highest BCUT2D eigenvalue weighted by atomic mass is 16.6. The maximum Gasteiger partial charge on any atom is 0.411 e. The first kappa shape index (κ1) is 14.0. The van der Waals surface area contributed by atoms with E-state index in [1.54, 1.807) is 38.1 Å². The van der Waals surface area contributed by atoms with Crippen LogP contribution in [0.25, 0.3) is 0 Å². The lowest BCUT2D eigenvalue weighted by molar-refractivity contribution is -0.136. The van der Waals surface area contributed by atoms with Gasteiger partial charge in [0, 0.05) is 12.1 Å². The van der Waals surface area contributed by atoms with Crippen LogP contribution < -0.4 is 5.32 Å². The minimum atomic E-state index is -0.822. The van der Waals surface area contributed by atoms with Crippen molar-refractivity contribution in [1.82, 2.24) is 0 Å². The third-order valence-electron chi connectivity index (χ3n) is 2.17. The van der Waals surface area contributed by atoms with Crippen LogP contribution in [0.3, 0.4) is 0 Å². The first-order valence-electron chi connectivity index (χ1n) is 5.75. The summed E-state index contributed by atoms with van der Waals surface area (Å²) in [6.45, 7) is 3.54. The summed E-state index contributed by atoms with van der Waals surface area (Å²) >= 11 is 0. The highest BCUT2D eigenvalue weighted by Crippen LogP contribution is 2.11. The van der Waals surface area contributed by atoms with E-state index in [4.69, 9.17) is 9.84 Å². The number of aliphatic carboxylic acids is 1. The van der Waals surface area contributed by atoms with Gasteiger partial charge < -0.3 is 9.84 Å². The van der Waals surface area contributed by atoms with Gasteiger partial charge in [-0.15, -0.1) is 0 Å². The monoisotopic (exact) mass is 251 g/mol. The molecule has 0 fully saturated rings. The quantitative estimate of drug-likeness (QED) is 0.843. The molecule has 0 aromatic heterocycles. The second-order valence-electron chi connectivity index (χ2n) is 4.17. The van der Waals surface area contributed by atoms with Crippen molar-refractivity contribution in [2.45, 2.75) is 32.8 Å². The van der Waals surface area contributed by atoms with Gasteiger partial charge in [0.1, 0.15) is 0 Å². The fourth-order valence-corrected chi connectivity index (χ4v) is 1.37. The van der Waals surface area contributed by atoms with Crippen molar-refractivity contribution in [3.63, 3.8) is 0 Å². The molecule has 0 unspecified atom stereocenters. The normalized spacial score (nSPS) is 10.2. The molecule has 2 N–H and O–H groups in total. The summed E-state index contributed by atoms with van der Waals surface area (Å²) in [7, 11) is 0. The van der Waals surface area contributed by atoms with Crippen LogP contribution in [0.4, 0.5) is 10.5 Å². The highest BCUT2D eigenvalue weighted by molar-refractivity contribution is 5.84. The zero-order chi connectivity index (χ0) is 13.5. The third-order valence-corrected chi connectivity index (χ3v) is 2.17. The highest BCUT2D eigenvalue weighted by Gasteiger charge is 2.05. The van der Waals surface area contributed by atoms with Crippen LogP contribution in [0.15, 0.2) is 24.3 Å². The molecular weight excluding hydrogens is 234 g/mol. The van der Waals surface area contributed by atoms with Crippen LogP contribution in [0.5, 0.6) is 0 Å². The largest absolute Gasteiger partial charge is 0.481 e. The lowest BCUT2D eigenvalue weighted by Gasteiger charge is -2.09. The molecule has 0 bridgehead atoms. The molecule has 5 nitrogen and oxygen atoms in total. The molecule has 1 amide bonds. The molecule has 0 heterocycles. The predicted molar refractivity (Wildman–Crippen MR) is 67.6 cm³/mol. The first-order valence-corrected chi connectivity index (χ1v) is 5.75. The van der Waals surface area contributed by atoms with E-state index in [1.807, 2.05) is 0 Å². The van der Waals surface area contributed by atoms with E-state index in [0.717, 1.165) is 5.56 Å². The number of carboxylic acid groups (broad SMARTS) is 1. The van der Waals surface area contributed by atoms with Gasteiger partial charge in [0.15, 0.2) is 0 Å². The summed E-state index contributed by atoms with van der Waals surface area (Å²) in [4.78, 5) is 21.7. The van der Waals surface area contributed by atoms with Gasteiger partial charge in [0.2, 0.25) is 0 Å². The van der Waals surface area contributed by atoms with E-state index in [-0.39, 0.29) is 12.5 Å². The van der Waals surface area contributed by atoms with Crippen LogP contribution in [0.1, 0.15) is 25.8 Å². The summed E-state index contributed by atoms with van der Waals surface area (Å²) in [5.74, 6) is -0.822. The SMILES string of the molecule is CC(C)OC(=O)Nc1ccc(CCC(=O)O)cc1. The summed E-state index contributed by atoms with van der Waals surface area (Å²) in [6, 6.07) is 7.01. The number of amides is 1. The number of rotatable bonds is 5. The Morgan fingerprint density at radius 1 is 1.28 bits per heavy atom. The standard InChI is InChI=1S/C13H17NO4/c1-9(2)18-13(17)14-11-6-3-10(4-7-11)5-8-12(15)16/h3-4,6-7,9H,5,8H2,1-2H3,(H,14,17)(H,15,16). The number of benzene rings is 1. The number of carboxylic acids is 1. The molecule has 0 aliphatic heterocycles. The smallest absolute Gasteiger partial charge is 0.411 e. The van der Waals surface area contributed by atoms with Crippen molar-refractivity contribution in [2.24, 2.45) is 0 Å². The summed E-state index contributed by atoms with van der Waals surface area (Å²) in [5.41, 5.74) is 1.54. The number of aryl methyl sites for hydroxylation is 1. The molecule has 0 aliphatic carbocycles. The molecule has 1 aromatic carbocycles. The molecular formula is C13H17NO4. The van der Waals surface area contributed by atoms with Gasteiger partial charge in [-0.25, -0.2) is 4.79 Å². The van der Waals surface area contributed by atoms with Crippen LogP contribution in [-0.4, -0.2) is 23.3 Å². The van der Waals surface area contributed by atoms with Crippen molar-refractivity contribution in [3.05, 3.63) is 29.8 Å². The predicted octanol–water partition coefficient (Wildman–Crippen LogP) is 2.66. The number of hydrogen-bond donors (Lipinski definition) is 2. The van der Waals surface area contributed by atoms with Crippen molar-refractivity contribution in [1.29, 1.82) is 0 Å². The van der Waals surface area contributed by atoms with Crippen molar-refractivity contribution >= 4 is 17.7 Å². The maximum atomic E-state index is 11.3. The van der Waals surface area contributed by atoms with Crippen molar-refractivity contribution in [3.8, 4) is 0 Å². The lowest BCUT2D eigenvalue weighted by Crippen LogP contribution is -2.17. The Morgan fingerprint density at radius 3 is 2.39 bits per heavy atom. The van der Waals surface area contributed by atoms with E-state index in [0.29, 0.717) is 12.1 Å². The van der Waals surface area contributed by atoms with Crippen LogP contribution >= 0.6 is 0 Å². The van der Waals surface area contributed by atoms with Gasteiger partial charge in [0.25, 0.3) is 0 Å². The van der Waals surface area contributed by atoms with Gasteiger partial charge in [-0.2, -0.15) is 0 Å².